The van der Waals surface area contributed by atoms with Gasteiger partial charge in [0.2, 0.25) is 5.95 Å². The van der Waals surface area contributed by atoms with Crippen LogP contribution in [0, 0.1) is 6.92 Å². The van der Waals surface area contributed by atoms with Gasteiger partial charge in [-0.3, -0.25) is 5.10 Å². The number of amides is 2. The Morgan fingerprint density at radius 2 is 2.24 bits per heavy atom. The number of hydrogen-bond acceptors (Lipinski definition) is 5. The predicted molar refractivity (Wildman–Crippen MR) is 95.4 cm³/mol. The summed E-state index contributed by atoms with van der Waals surface area (Å²) in [6, 6.07) is 1.82. The molecule has 1 fully saturated rings. The van der Waals surface area contributed by atoms with E-state index in [0.717, 1.165) is 50.4 Å². The van der Waals surface area contributed by atoms with Crippen molar-refractivity contribution in [3.8, 4) is 0 Å². The number of nitrogens with one attached hydrogen (secondary N) is 3. The molecule has 134 valence electrons. The number of carbonyl (C=O) groups excluding carboxylic acids is 1. The zero-order valence-corrected chi connectivity index (χ0v) is 14.5. The van der Waals surface area contributed by atoms with E-state index < -0.39 is 0 Å². The van der Waals surface area contributed by atoms with Gasteiger partial charge in [0.25, 0.3) is 0 Å². The molecule has 0 aromatic carbocycles. The minimum absolute atomic E-state index is 0.107. The molecule has 2 aromatic rings. The van der Waals surface area contributed by atoms with Crippen molar-refractivity contribution in [2.45, 2.75) is 38.6 Å². The van der Waals surface area contributed by atoms with Gasteiger partial charge in [0, 0.05) is 43.8 Å². The highest BCUT2D eigenvalue weighted by Crippen LogP contribution is 2.15. The van der Waals surface area contributed by atoms with Crippen LogP contribution >= 0.6 is 0 Å². The number of aromatic nitrogens is 4. The second-order valence-corrected chi connectivity index (χ2v) is 6.36. The van der Waals surface area contributed by atoms with Crippen molar-refractivity contribution in [2.75, 3.05) is 24.5 Å². The summed E-state index contributed by atoms with van der Waals surface area (Å²) in [6.45, 7) is 4.32. The number of aromatic amines is 1. The molecular formula is C17H25N7O. The van der Waals surface area contributed by atoms with E-state index >= 15 is 0 Å². The van der Waals surface area contributed by atoms with Gasteiger partial charge in [-0.25, -0.2) is 14.8 Å². The summed E-state index contributed by atoms with van der Waals surface area (Å²) in [4.78, 5) is 22.8. The molecule has 0 radical (unpaired) electrons. The summed E-state index contributed by atoms with van der Waals surface area (Å²) in [6.07, 6.45) is 9.13. The molecule has 2 aromatic heterocycles. The normalized spacial score (nSPS) is 17.3. The lowest BCUT2D eigenvalue weighted by Gasteiger charge is -2.33. The molecule has 1 aliphatic rings. The average molecular weight is 343 g/mol. The van der Waals surface area contributed by atoms with E-state index in [1.165, 1.54) is 5.56 Å². The van der Waals surface area contributed by atoms with Crippen LogP contribution in [0.5, 0.6) is 0 Å². The monoisotopic (exact) mass is 343 g/mol. The topological polar surface area (TPSA) is 98.8 Å². The number of piperidine rings is 1. The third-order valence-electron chi connectivity index (χ3n) is 4.43. The van der Waals surface area contributed by atoms with Crippen LogP contribution in [0.4, 0.5) is 10.7 Å². The van der Waals surface area contributed by atoms with Gasteiger partial charge in [0.1, 0.15) is 0 Å². The summed E-state index contributed by atoms with van der Waals surface area (Å²) in [7, 11) is 0. The van der Waals surface area contributed by atoms with Crippen molar-refractivity contribution in [3.63, 3.8) is 0 Å². The number of anilines is 1. The third-order valence-corrected chi connectivity index (χ3v) is 4.43. The Morgan fingerprint density at radius 3 is 3.00 bits per heavy atom. The zero-order valence-electron chi connectivity index (χ0n) is 14.5. The highest BCUT2D eigenvalue weighted by atomic mass is 16.2. The maximum Gasteiger partial charge on any atom is 0.315 e. The van der Waals surface area contributed by atoms with Crippen LogP contribution in [0.25, 0.3) is 0 Å². The lowest BCUT2D eigenvalue weighted by Crippen LogP contribution is -2.51. The van der Waals surface area contributed by atoms with Gasteiger partial charge in [0.15, 0.2) is 0 Å². The highest BCUT2D eigenvalue weighted by Gasteiger charge is 2.22. The number of nitrogens with zero attached hydrogens (tertiary/aromatic N) is 4. The van der Waals surface area contributed by atoms with Crippen LogP contribution in [0.15, 0.2) is 24.7 Å². The number of urea groups is 1. The van der Waals surface area contributed by atoms with Crippen molar-refractivity contribution in [1.82, 2.24) is 30.8 Å². The van der Waals surface area contributed by atoms with E-state index in [1.54, 1.807) is 12.4 Å². The lowest BCUT2D eigenvalue weighted by atomic mass is 10.1. The van der Waals surface area contributed by atoms with E-state index in [9.17, 15) is 4.79 Å². The molecular weight excluding hydrogens is 318 g/mol. The smallest absolute Gasteiger partial charge is 0.315 e. The number of rotatable bonds is 6. The Balaban J connectivity index is 1.38. The van der Waals surface area contributed by atoms with Gasteiger partial charge in [-0.2, -0.15) is 5.10 Å². The minimum atomic E-state index is -0.107. The molecule has 0 saturated carbocycles. The van der Waals surface area contributed by atoms with Crippen molar-refractivity contribution < 1.29 is 4.79 Å². The van der Waals surface area contributed by atoms with Crippen LogP contribution in [0.2, 0.25) is 0 Å². The first kappa shape index (κ1) is 17.2. The van der Waals surface area contributed by atoms with Crippen LogP contribution in [-0.2, 0) is 6.42 Å². The fourth-order valence-corrected chi connectivity index (χ4v) is 3.08. The molecule has 1 unspecified atom stereocenters. The third kappa shape index (κ3) is 4.91. The number of hydrogen-bond donors (Lipinski definition) is 3. The van der Waals surface area contributed by atoms with E-state index in [4.69, 9.17) is 0 Å². The van der Waals surface area contributed by atoms with Gasteiger partial charge in [-0.1, -0.05) is 0 Å². The van der Waals surface area contributed by atoms with Crippen LogP contribution in [-0.4, -0.2) is 51.9 Å². The largest absolute Gasteiger partial charge is 0.339 e. The molecule has 1 aliphatic heterocycles. The van der Waals surface area contributed by atoms with Gasteiger partial charge < -0.3 is 15.5 Å². The van der Waals surface area contributed by atoms with Gasteiger partial charge in [0.05, 0.1) is 6.20 Å². The Labute approximate surface area is 147 Å². The molecule has 8 nitrogen and oxygen atoms in total. The second kappa shape index (κ2) is 8.46. The fraction of sp³-hybridized carbons (Fsp3) is 0.529. The zero-order chi connectivity index (χ0) is 17.5. The van der Waals surface area contributed by atoms with E-state index in [0.29, 0.717) is 6.54 Å². The van der Waals surface area contributed by atoms with E-state index in [1.807, 2.05) is 19.2 Å². The molecule has 0 spiro atoms. The van der Waals surface area contributed by atoms with Gasteiger partial charge in [-0.05, 0) is 44.2 Å². The molecule has 0 aliphatic carbocycles. The molecule has 3 heterocycles. The highest BCUT2D eigenvalue weighted by molar-refractivity contribution is 5.74. The quantitative estimate of drug-likeness (QED) is 0.689. The van der Waals surface area contributed by atoms with Crippen LogP contribution in [0.3, 0.4) is 0 Å². The molecule has 3 rings (SSSR count). The molecule has 1 saturated heterocycles. The fourth-order valence-electron chi connectivity index (χ4n) is 3.08. The predicted octanol–water partition coefficient (Wildman–Crippen LogP) is 1.41. The first-order valence-electron chi connectivity index (χ1n) is 8.77. The maximum atomic E-state index is 12.1. The van der Waals surface area contributed by atoms with Crippen molar-refractivity contribution in [3.05, 3.63) is 35.9 Å². The SMILES string of the molecule is Cc1[nH]ncc1CCCNC(=O)NC1CCCN(c2ncccn2)C1. The van der Waals surface area contributed by atoms with E-state index in [-0.39, 0.29) is 12.1 Å². The molecule has 2 amide bonds. The summed E-state index contributed by atoms with van der Waals surface area (Å²) in [5, 5.41) is 12.9. The van der Waals surface area contributed by atoms with Crippen LogP contribution < -0.4 is 15.5 Å². The molecule has 8 heteroatoms. The van der Waals surface area contributed by atoms with Crippen molar-refractivity contribution in [2.24, 2.45) is 0 Å². The summed E-state index contributed by atoms with van der Waals surface area (Å²) in [5.41, 5.74) is 2.29. The molecule has 0 bridgehead atoms. The molecule has 3 N–H and O–H groups in total. The summed E-state index contributed by atoms with van der Waals surface area (Å²) in [5.74, 6) is 0.727. The lowest BCUT2D eigenvalue weighted by molar-refractivity contribution is 0.235. The Bertz CT molecular complexity index is 673. The van der Waals surface area contributed by atoms with Gasteiger partial charge in [-0.15, -0.1) is 0 Å². The number of aryl methyl sites for hydroxylation is 2. The first-order valence-corrected chi connectivity index (χ1v) is 8.77. The Kier molecular flexibility index (Phi) is 5.81. The van der Waals surface area contributed by atoms with Crippen LogP contribution in [0.1, 0.15) is 30.5 Å². The van der Waals surface area contributed by atoms with Crippen molar-refractivity contribution >= 4 is 12.0 Å². The number of H-pyrrole nitrogens is 1. The first-order chi connectivity index (χ1) is 12.2. The van der Waals surface area contributed by atoms with Gasteiger partial charge >= 0.3 is 6.03 Å². The number of carbonyl (C=O) groups is 1. The summed E-state index contributed by atoms with van der Waals surface area (Å²) >= 11 is 0. The van der Waals surface area contributed by atoms with Crippen molar-refractivity contribution in [1.29, 1.82) is 0 Å². The summed E-state index contributed by atoms with van der Waals surface area (Å²) < 4.78 is 0. The maximum absolute atomic E-state index is 12.1. The molecule has 25 heavy (non-hydrogen) atoms. The van der Waals surface area contributed by atoms with E-state index in [2.05, 4.69) is 35.7 Å². The Hall–Kier alpha value is -2.64. The molecule has 1 atom stereocenters. The average Bonchev–Trinajstić information content (AvgIpc) is 3.05. The second-order valence-electron chi connectivity index (χ2n) is 6.36. The standard InChI is InChI=1S/C17H25N7O/c1-13-14(11-21-23-13)5-2-7-20-17(25)22-15-6-3-10-24(12-15)16-18-8-4-9-19-16/h4,8-9,11,15H,2-3,5-7,10,12H2,1H3,(H,21,23)(H2,20,22,25). The Morgan fingerprint density at radius 1 is 1.40 bits per heavy atom. The minimum Gasteiger partial charge on any atom is -0.339 e.